The maximum atomic E-state index is 12.2. The smallest absolute Gasteiger partial charge is 0.292 e. The summed E-state index contributed by atoms with van der Waals surface area (Å²) in [5.41, 5.74) is 1.84. The second-order valence-electron chi connectivity index (χ2n) is 4.29. The van der Waals surface area contributed by atoms with Crippen LogP contribution in [-0.2, 0) is 11.8 Å². The molecule has 0 saturated heterocycles. The van der Waals surface area contributed by atoms with Crippen molar-refractivity contribution in [2.75, 3.05) is 12.5 Å². The van der Waals surface area contributed by atoms with E-state index < -0.39 is 11.1 Å². The minimum Gasteiger partial charge on any atom is -0.292 e. The molecule has 0 fully saturated rings. The van der Waals surface area contributed by atoms with E-state index in [2.05, 4.69) is 0 Å². The number of nitrogens with zero attached hydrogens (tertiary/aromatic N) is 2. The highest BCUT2D eigenvalue weighted by molar-refractivity contribution is 7.97. The lowest BCUT2D eigenvalue weighted by atomic mass is 10.2. The van der Waals surface area contributed by atoms with Gasteiger partial charge in [-0.2, -0.15) is 0 Å². The molecule has 102 valence electrons. The van der Waals surface area contributed by atoms with Gasteiger partial charge in [-0.3, -0.25) is 18.7 Å². The zero-order valence-electron chi connectivity index (χ0n) is 11.2. The Morgan fingerprint density at radius 3 is 2.00 bits per heavy atom. The van der Waals surface area contributed by atoms with Gasteiger partial charge in [0.15, 0.2) is 0 Å². The van der Waals surface area contributed by atoms with Gasteiger partial charge in [-0.05, 0) is 37.1 Å². The molecule has 0 spiro atoms. The van der Waals surface area contributed by atoms with Crippen molar-refractivity contribution < 1.29 is 0 Å². The van der Waals surface area contributed by atoms with E-state index >= 15 is 0 Å². The van der Waals surface area contributed by atoms with E-state index in [1.54, 1.807) is 9.13 Å². The summed E-state index contributed by atoms with van der Waals surface area (Å²) >= 11 is 3.05. The highest BCUT2D eigenvalue weighted by Gasteiger charge is 2.12. The summed E-state index contributed by atoms with van der Waals surface area (Å²) in [5.74, 6) is 0.988. The summed E-state index contributed by atoms with van der Waals surface area (Å²) in [6.07, 6.45) is 3.83. The average Bonchev–Trinajstić information content (AvgIpc) is 2.40. The number of hydrogen-bond acceptors (Lipinski definition) is 4. The van der Waals surface area contributed by atoms with E-state index in [0.29, 0.717) is 11.8 Å². The van der Waals surface area contributed by atoms with Crippen LogP contribution >= 0.6 is 23.5 Å². The molecular formula is C13H16N2O2S2. The third-order valence-corrected chi connectivity index (χ3v) is 3.93. The maximum Gasteiger partial charge on any atom is 0.317 e. The Hall–Kier alpha value is -1.14. The molecule has 19 heavy (non-hydrogen) atoms. The van der Waals surface area contributed by atoms with Crippen molar-refractivity contribution in [2.45, 2.75) is 18.7 Å². The van der Waals surface area contributed by atoms with E-state index in [0.717, 1.165) is 16.6 Å². The van der Waals surface area contributed by atoms with E-state index in [-0.39, 0.29) is 0 Å². The first-order valence-corrected chi connectivity index (χ1v) is 8.60. The fraction of sp³-hybridized carbons (Fsp3) is 0.385. The van der Waals surface area contributed by atoms with Crippen LogP contribution in [0, 0.1) is 6.92 Å². The molecule has 0 radical (unpaired) electrons. The van der Waals surface area contributed by atoms with Crippen LogP contribution < -0.4 is 11.1 Å². The molecule has 0 amide bonds. The molecule has 6 heteroatoms. The minimum atomic E-state index is -0.445. The minimum absolute atomic E-state index is 0.443. The van der Waals surface area contributed by atoms with Gasteiger partial charge in [-0.15, -0.1) is 23.5 Å². The van der Waals surface area contributed by atoms with Crippen LogP contribution in [0.25, 0.3) is 11.0 Å². The lowest BCUT2D eigenvalue weighted by Gasteiger charge is -2.14. The molecule has 0 aliphatic carbocycles. The van der Waals surface area contributed by atoms with Crippen molar-refractivity contribution in [2.24, 2.45) is 0 Å². The molecule has 1 aromatic carbocycles. The molecule has 2 rings (SSSR count). The van der Waals surface area contributed by atoms with Crippen molar-refractivity contribution in [1.29, 1.82) is 0 Å². The maximum absolute atomic E-state index is 12.2. The summed E-state index contributed by atoms with van der Waals surface area (Å²) < 4.78 is 3.12. The van der Waals surface area contributed by atoms with Crippen molar-refractivity contribution in [3.05, 3.63) is 44.5 Å². The second kappa shape index (κ2) is 5.88. The summed E-state index contributed by atoms with van der Waals surface area (Å²) in [4.78, 5) is 24.3. The first-order valence-electron chi connectivity index (χ1n) is 5.82. The van der Waals surface area contributed by atoms with Gasteiger partial charge in [0.2, 0.25) is 0 Å². The van der Waals surface area contributed by atoms with Gasteiger partial charge in [0.05, 0.1) is 22.8 Å². The molecule has 0 aliphatic rings. The Labute approximate surface area is 119 Å². The Morgan fingerprint density at radius 1 is 0.947 bits per heavy atom. The Bertz CT molecular complexity index is 719. The molecule has 0 unspecified atom stereocenters. The number of benzene rings is 1. The lowest BCUT2D eigenvalue weighted by Crippen LogP contribution is -2.41. The number of fused-ring (bicyclic) bond motifs is 1. The molecule has 0 aliphatic heterocycles. The number of aromatic nitrogens is 2. The summed E-state index contributed by atoms with van der Waals surface area (Å²) in [6, 6.07) is 5.84. The zero-order chi connectivity index (χ0) is 14.0. The van der Waals surface area contributed by atoms with Gasteiger partial charge in [0.25, 0.3) is 0 Å². The number of rotatable bonds is 4. The Kier molecular flexibility index (Phi) is 4.42. The van der Waals surface area contributed by atoms with Crippen LogP contribution in [0.4, 0.5) is 0 Å². The fourth-order valence-electron chi connectivity index (χ4n) is 2.04. The summed E-state index contributed by atoms with van der Waals surface area (Å²) in [5, 5.41) is 0. The quantitative estimate of drug-likeness (QED) is 0.811. The van der Waals surface area contributed by atoms with Crippen molar-refractivity contribution >= 4 is 34.6 Å². The highest BCUT2D eigenvalue weighted by atomic mass is 32.2. The number of aryl methyl sites for hydroxylation is 1. The highest BCUT2D eigenvalue weighted by Crippen LogP contribution is 2.16. The van der Waals surface area contributed by atoms with Gasteiger partial charge in [-0.25, -0.2) is 0 Å². The third-order valence-electron chi connectivity index (χ3n) is 2.90. The van der Waals surface area contributed by atoms with Crippen molar-refractivity contribution in [3.63, 3.8) is 0 Å². The topological polar surface area (TPSA) is 44.0 Å². The van der Waals surface area contributed by atoms with Crippen molar-refractivity contribution in [3.8, 4) is 0 Å². The van der Waals surface area contributed by atoms with Gasteiger partial charge < -0.3 is 0 Å². The number of hydrogen-bond donors (Lipinski definition) is 0. The van der Waals surface area contributed by atoms with Crippen LogP contribution in [0.15, 0.2) is 27.8 Å². The first-order chi connectivity index (χ1) is 9.10. The Balaban J connectivity index is 2.92. The normalized spacial score (nSPS) is 11.1. The van der Waals surface area contributed by atoms with E-state index in [9.17, 15) is 9.59 Å². The number of thioether (sulfide) groups is 2. The fourth-order valence-corrected chi connectivity index (χ4v) is 3.07. The van der Waals surface area contributed by atoms with Crippen LogP contribution in [-0.4, -0.2) is 21.6 Å². The largest absolute Gasteiger partial charge is 0.317 e. The van der Waals surface area contributed by atoms with Crippen LogP contribution in [0.5, 0.6) is 0 Å². The molecule has 0 N–H and O–H groups in total. The summed E-state index contributed by atoms with van der Waals surface area (Å²) in [7, 11) is 0. The molecule has 0 saturated carbocycles. The van der Waals surface area contributed by atoms with Gasteiger partial charge >= 0.3 is 11.1 Å². The van der Waals surface area contributed by atoms with Crippen LogP contribution in [0.1, 0.15) is 5.56 Å². The average molecular weight is 296 g/mol. The van der Waals surface area contributed by atoms with E-state index in [4.69, 9.17) is 0 Å². The molecule has 1 heterocycles. The summed E-state index contributed by atoms with van der Waals surface area (Å²) in [6.45, 7) is 1.98. The molecule has 2 aromatic rings. The molecule has 4 nitrogen and oxygen atoms in total. The second-order valence-corrected chi connectivity index (χ2v) is 5.97. The van der Waals surface area contributed by atoms with Gasteiger partial charge in [-0.1, -0.05) is 6.07 Å². The van der Waals surface area contributed by atoms with Crippen LogP contribution in [0.3, 0.4) is 0 Å². The monoisotopic (exact) mass is 296 g/mol. The Morgan fingerprint density at radius 2 is 1.47 bits per heavy atom. The SMILES string of the molecule is CSCn1c(=O)c(=O)n(CSC)c2cc(C)ccc21. The van der Waals surface area contributed by atoms with Gasteiger partial charge in [0, 0.05) is 0 Å². The predicted octanol–water partition coefficient (Wildman–Crippen LogP) is 2.11. The molecule has 1 aromatic heterocycles. The molecule has 0 bridgehead atoms. The van der Waals surface area contributed by atoms with Gasteiger partial charge in [0.1, 0.15) is 0 Å². The predicted molar refractivity (Wildman–Crippen MR) is 84.2 cm³/mol. The lowest BCUT2D eigenvalue weighted by molar-refractivity contribution is 0.781. The third kappa shape index (κ3) is 2.60. The molecular weight excluding hydrogens is 280 g/mol. The van der Waals surface area contributed by atoms with Crippen molar-refractivity contribution in [1.82, 2.24) is 9.13 Å². The standard InChI is InChI=1S/C13H16N2O2S2/c1-9-4-5-10-11(6-9)15(8-19-3)13(17)12(16)14(10)7-18-2/h4-6H,7-8H2,1-3H3. The zero-order valence-corrected chi connectivity index (χ0v) is 12.8. The van der Waals surface area contributed by atoms with E-state index in [1.165, 1.54) is 23.5 Å². The molecule has 0 atom stereocenters. The first kappa shape index (κ1) is 14.3. The van der Waals surface area contributed by atoms with E-state index in [1.807, 2.05) is 37.6 Å². The van der Waals surface area contributed by atoms with Crippen LogP contribution in [0.2, 0.25) is 0 Å².